The molecule has 0 radical (unpaired) electrons. The van der Waals surface area contributed by atoms with Gasteiger partial charge >= 0.3 is 5.69 Å². The van der Waals surface area contributed by atoms with E-state index < -0.39 is 11.0 Å². The zero-order valence-electron chi connectivity index (χ0n) is 12.6. The van der Waals surface area contributed by atoms with E-state index in [1.54, 1.807) is 17.8 Å². The molecular formula is C13H18N6O3. The van der Waals surface area contributed by atoms with E-state index >= 15 is 0 Å². The van der Waals surface area contributed by atoms with Crippen LogP contribution in [0.1, 0.15) is 38.5 Å². The molecule has 2 heterocycles. The standard InChI is InChI=1S/C13H18N6O3/c1-4-17-12(5-6-14-17)9(2)16-13(20)10(3)18-8-11(7-15-18)19(21)22/h5-10H,4H2,1-3H3,(H,16,20). The number of aromatic nitrogens is 4. The average molecular weight is 306 g/mol. The second kappa shape index (κ2) is 6.37. The molecule has 22 heavy (non-hydrogen) atoms. The van der Waals surface area contributed by atoms with Gasteiger partial charge in [0.15, 0.2) is 0 Å². The fraction of sp³-hybridized carbons (Fsp3) is 0.462. The number of nitrogens with zero attached hydrogens (tertiary/aromatic N) is 5. The van der Waals surface area contributed by atoms with Crippen molar-refractivity contribution in [3.05, 3.63) is 40.5 Å². The van der Waals surface area contributed by atoms with Gasteiger partial charge in [0.25, 0.3) is 0 Å². The van der Waals surface area contributed by atoms with Gasteiger partial charge in [0.1, 0.15) is 18.4 Å². The molecule has 0 saturated carbocycles. The smallest absolute Gasteiger partial charge is 0.307 e. The summed E-state index contributed by atoms with van der Waals surface area (Å²) in [6.45, 7) is 6.18. The van der Waals surface area contributed by atoms with Crippen LogP contribution in [0.5, 0.6) is 0 Å². The summed E-state index contributed by atoms with van der Waals surface area (Å²) in [7, 11) is 0. The molecular weight excluding hydrogens is 288 g/mol. The Bertz CT molecular complexity index is 677. The largest absolute Gasteiger partial charge is 0.346 e. The summed E-state index contributed by atoms with van der Waals surface area (Å²) >= 11 is 0. The van der Waals surface area contributed by atoms with Crippen molar-refractivity contribution in [3.63, 3.8) is 0 Å². The maximum Gasteiger partial charge on any atom is 0.307 e. The molecule has 1 N–H and O–H groups in total. The van der Waals surface area contributed by atoms with Crippen LogP contribution < -0.4 is 5.32 Å². The molecule has 2 atom stereocenters. The molecule has 0 aliphatic carbocycles. The predicted molar refractivity (Wildman–Crippen MR) is 78.1 cm³/mol. The van der Waals surface area contributed by atoms with Crippen LogP contribution in [0.4, 0.5) is 5.69 Å². The van der Waals surface area contributed by atoms with Crippen LogP contribution in [0.15, 0.2) is 24.7 Å². The number of rotatable bonds is 6. The summed E-state index contributed by atoms with van der Waals surface area (Å²) in [5.41, 5.74) is 0.756. The summed E-state index contributed by atoms with van der Waals surface area (Å²) in [6, 6.07) is 0.981. The second-order valence-electron chi connectivity index (χ2n) is 4.91. The summed E-state index contributed by atoms with van der Waals surface area (Å²) in [6.07, 6.45) is 4.05. The predicted octanol–water partition coefficient (Wildman–Crippen LogP) is 1.45. The molecule has 118 valence electrons. The highest BCUT2D eigenvalue weighted by atomic mass is 16.6. The minimum absolute atomic E-state index is 0.142. The number of hydrogen-bond acceptors (Lipinski definition) is 5. The highest BCUT2D eigenvalue weighted by Gasteiger charge is 2.21. The van der Waals surface area contributed by atoms with Crippen LogP contribution in [0.2, 0.25) is 0 Å². The Morgan fingerprint density at radius 1 is 1.45 bits per heavy atom. The third-order valence-electron chi connectivity index (χ3n) is 3.43. The van der Waals surface area contributed by atoms with Gasteiger partial charge in [0.05, 0.1) is 16.7 Å². The molecule has 0 bridgehead atoms. The van der Waals surface area contributed by atoms with Gasteiger partial charge in [-0.3, -0.25) is 24.3 Å². The molecule has 2 aromatic heterocycles. The van der Waals surface area contributed by atoms with Gasteiger partial charge in [0, 0.05) is 12.7 Å². The van der Waals surface area contributed by atoms with E-state index in [0.29, 0.717) is 6.54 Å². The number of nitro groups is 1. The Labute approximate surface area is 127 Å². The summed E-state index contributed by atoms with van der Waals surface area (Å²) in [4.78, 5) is 22.4. The number of carbonyl (C=O) groups excluding carboxylic acids is 1. The topological polar surface area (TPSA) is 108 Å². The first-order valence-corrected chi connectivity index (χ1v) is 6.94. The van der Waals surface area contributed by atoms with E-state index in [0.717, 1.165) is 11.9 Å². The lowest BCUT2D eigenvalue weighted by Crippen LogP contribution is -2.34. The van der Waals surface area contributed by atoms with Crippen LogP contribution >= 0.6 is 0 Å². The van der Waals surface area contributed by atoms with Gasteiger partial charge < -0.3 is 5.32 Å². The fourth-order valence-electron chi connectivity index (χ4n) is 2.14. The lowest BCUT2D eigenvalue weighted by molar-refractivity contribution is -0.385. The second-order valence-corrected chi connectivity index (χ2v) is 4.91. The van der Waals surface area contributed by atoms with E-state index in [1.165, 1.54) is 10.9 Å². The van der Waals surface area contributed by atoms with Crippen LogP contribution in [-0.2, 0) is 11.3 Å². The zero-order chi connectivity index (χ0) is 16.3. The zero-order valence-corrected chi connectivity index (χ0v) is 12.6. The van der Waals surface area contributed by atoms with Crippen LogP contribution in [0.25, 0.3) is 0 Å². The highest BCUT2D eigenvalue weighted by molar-refractivity contribution is 5.80. The molecule has 2 rings (SSSR count). The van der Waals surface area contributed by atoms with Gasteiger partial charge in [-0.05, 0) is 26.8 Å². The van der Waals surface area contributed by atoms with Gasteiger partial charge in [-0.25, -0.2) is 0 Å². The Balaban J connectivity index is 2.06. The molecule has 2 aromatic rings. The maximum absolute atomic E-state index is 12.3. The van der Waals surface area contributed by atoms with Gasteiger partial charge in [-0.15, -0.1) is 0 Å². The molecule has 0 aliphatic rings. The molecule has 0 saturated heterocycles. The molecule has 0 spiro atoms. The summed E-state index contributed by atoms with van der Waals surface area (Å²) in [5.74, 6) is -0.269. The Hall–Kier alpha value is -2.71. The summed E-state index contributed by atoms with van der Waals surface area (Å²) in [5, 5.41) is 21.5. The van der Waals surface area contributed by atoms with Crippen LogP contribution in [0, 0.1) is 10.1 Å². The van der Waals surface area contributed by atoms with Crippen LogP contribution in [0.3, 0.4) is 0 Å². The number of nitrogens with one attached hydrogen (secondary N) is 1. The first kappa shape index (κ1) is 15.7. The average Bonchev–Trinajstić information content (AvgIpc) is 3.14. The minimum atomic E-state index is -0.644. The molecule has 0 fully saturated rings. The lowest BCUT2D eigenvalue weighted by atomic mass is 10.2. The number of aryl methyl sites for hydroxylation is 1. The minimum Gasteiger partial charge on any atom is -0.346 e. The van der Waals surface area contributed by atoms with Crippen molar-refractivity contribution in [2.45, 2.75) is 39.4 Å². The van der Waals surface area contributed by atoms with E-state index in [4.69, 9.17) is 0 Å². The van der Waals surface area contributed by atoms with Crippen molar-refractivity contribution in [1.29, 1.82) is 0 Å². The molecule has 2 unspecified atom stereocenters. The molecule has 9 nitrogen and oxygen atoms in total. The van der Waals surface area contributed by atoms with E-state index in [-0.39, 0.29) is 17.6 Å². The number of amides is 1. The number of carbonyl (C=O) groups is 1. The van der Waals surface area contributed by atoms with Crippen LogP contribution in [-0.4, -0.2) is 30.4 Å². The molecule has 9 heteroatoms. The molecule has 1 amide bonds. The van der Waals surface area contributed by atoms with Crippen molar-refractivity contribution >= 4 is 11.6 Å². The van der Waals surface area contributed by atoms with Gasteiger partial charge in [-0.2, -0.15) is 10.2 Å². The van der Waals surface area contributed by atoms with Crippen molar-refractivity contribution in [3.8, 4) is 0 Å². The highest BCUT2D eigenvalue weighted by Crippen LogP contribution is 2.16. The summed E-state index contributed by atoms with van der Waals surface area (Å²) < 4.78 is 3.08. The SMILES string of the molecule is CCn1nccc1C(C)NC(=O)C(C)n1cc([N+](=O)[O-])cn1. The van der Waals surface area contributed by atoms with Crippen molar-refractivity contribution in [1.82, 2.24) is 24.9 Å². The first-order valence-electron chi connectivity index (χ1n) is 6.94. The van der Waals surface area contributed by atoms with Gasteiger partial charge in [-0.1, -0.05) is 0 Å². The van der Waals surface area contributed by atoms with Crippen molar-refractivity contribution < 1.29 is 9.72 Å². The molecule has 0 aliphatic heterocycles. The third kappa shape index (κ3) is 3.13. The fourth-order valence-corrected chi connectivity index (χ4v) is 2.14. The first-order chi connectivity index (χ1) is 10.4. The Kier molecular flexibility index (Phi) is 4.54. The quantitative estimate of drug-likeness (QED) is 0.642. The number of hydrogen-bond donors (Lipinski definition) is 1. The van der Waals surface area contributed by atoms with Gasteiger partial charge in [0.2, 0.25) is 5.91 Å². The third-order valence-corrected chi connectivity index (χ3v) is 3.43. The Morgan fingerprint density at radius 3 is 2.77 bits per heavy atom. The van der Waals surface area contributed by atoms with E-state index in [2.05, 4.69) is 15.5 Å². The lowest BCUT2D eigenvalue weighted by Gasteiger charge is -2.18. The maximum atomic E-state index is 12.3. The Morgan fingerprint density at radius 2 is 2.18 bits per heavy atom. The monoisotopic (exact) mass is 306 g/mol. The van der Waals surface area contributed by atoms with Crippen molar-refractivity contribution in [2.24, 2.45) is 0 Å². The van der Waals surface area contributed by atoms with E-state index in [9.17, 15) is 14.9 Å². The van der Waals surface area contributed by atoms with Crippen molar-refractivity contribution in [2.75, 3.05) is 0 Å². The normalized spacial score (nSPS) is 13.6. The van der Waals surface area contributed by atoms with E-state index in [1.807, 2.05) is 19.9 Å². The molecule has 0 aromatic carbocycles.